The second-order valence-electron chi connectivity index (χ2n) is 30.2. The van der Waals surface area contributed by atoms with E-state index in [4.69, 9.17) is 18.1 Å². The van der Waals surface area contributed by atoms with Gasteiger partial charge in [0.15, 0.2) is 0 Å². The molecule has 112 heavy (non-hydrogen) atoms. The maximum atomic E-state index is 13.4. The van der Waals surface area contributed by atoms with Crippen molar-refractivity contribution in [2.45, 2.75) is 218 Å². The van der Waals surface area contributed by atoms with Crippen LogP contribution < -0.4 is 21.3 Å². The lowest BCUT2D eigenvalue weighted by Gasteiger charge is -2.27. The predicted molar refractivity (Wildman–Crippen MR) is 406 cm³/mol. The minimum Gasteiger partial charge on any atom is -0.344 e. The Bertz CT molecular complexity index is 5250. The normalized spacial score (nSPS) is 16.2. The lowest BCUT2D eigenvalue weighted by Crippen LogP contribution is -2.33. The summed E-state index contributed by atoms with van der Waals surface area (Å²) >= 11 is 0. The Kier molecular flexibility index (Phi) is 23.0. The molecule has 12 aromatic heterocycles. The Labute approximate surface area is 645 Å². The number of alkyl halides is 1. The number of halogens is 1. The number of hydrogen-bond acceptors (Lipinski definition) is 23. The minimum atomic E-state index is -1.25. The molecule has 582 valence electrons. The van der Waals surface area contributed by atoms with Gasteiger partial charge in [-0.2, -0.15) is 35.2 Å². The summed E-state index contributed by atoms with van der Waals surface area (Å²) in [6.07, 6.45) is 26.3. The highest BCUT2D eigenvalue weighted by atomic mass is 19.1. The van der Waals surface area contributed by atoms with Crippen molar-refractivity contribution in [1.29, 1.82) is 0 Å². The molecule has 5 aliphatic rings. The van der Waals surface area contributed by atoms with Crippen molar-refractivity contribution in [3.63, 3.8) is 0 Å². The van der Waals surface area contributed by atoms with Gasteiger partial charge in [-0.3, -0.25) is 53.2 Å². The zero-order chi connectivity index (χ0) is 78.3. The first kappa shape index (κ1) is 76.6. The molecule has 1 unspecified atom stereocenters. The van der Waals surface area contributed by atoms with E-state index in [0.717, 1.165) is 77.3 Å². The third-order valence-corrected chi connectivity index (χ3v) is 20.6. The van der Waals surface area contributed by atoms with Crippen LogP contribution in [0.2, 0.25) is 0 Å². The number of rotatable bonds is 23. The van der Waals surface area contributed by atoms with Gasteiger partial charge in [0.25, 0.3) is 23.6 Å². The first-order chi connectivity index (χ1) is 54.1. The lowest BCUT2D eigenvalue weighted by atomic mass is 9.82. The van der Waals surface area contributed by atoms with E-state index in [2.05, 4.69) is 97.1 Å². The van der Waals surface area contributed by atoms with Gasteiger partial charge in [-0.05, 0) is 212 Å². The minimum absolute atomic E-state index is 0.163. The van der Waals surface area contributed by atoms with E-state index >= 15 is 0 Å². The van der Waals surface area contributed by atoms with Gasteiger partial charge in [0.1, 0.15) is 53.1 Å². The molecule has 0 aliphatic heterocycles. The maximum Gasteiger partial charge on any atom is 0.270 e. The molecule has 31 nitrogen and oxygen atoms in total. The predicted octanol–water partition coefficient (Wildman–Crippen LogP) is 14.2. The molecule has 5 aliphatic carbocycles. The molecule has 12 heterocycles. The average Bonchev–Trinajstić information content (AvgIpc) is 1.57. The summed E-state index contributed by atoms with van der Waals surface area (Å²) in [6.45, 7) is 17.3. The third kappa shape index (κ3) is 18.0. The Morgan fingerprint density at radius 2 is 0.830 bits per heavy atom. The molecule has 17 rings (SSSR count). The van der Waals surface area contributed by atoms with Gasteiger partial charge in [-0.1, -0.05) is 33.5 Å². The van der Waals surface area contributed by atoms with Crippen molar-refractivity contribution in [2.75, 3.05) is 0 Å². The van der Waals surface area contributed by atoms with Gasteiger partial charge >= 0.3 is 0 Å². The molecule has 0 spiro atoms. The summed E-state index contributed by atoms with van der Waals surface area (Å²) in [4.78, 5) is 86.0. The van der Waals surface area contributed by atoms with Crippen LogP contribution in [-0.2, 0) is 19.1 Å². The van der Waals surface area contributed by atoms with Crippen LogP contribution in [0.3, 0.4) is 0 Å². The van der Waals surface area contributed by atoms with Crippen molar-refractivity contribution in [2.24, 2.45) is 7.05 Å². The monoisotopic (exact) mass is 1520 g/mol. The molecule has 32 heteroatoms. The van der Waals surface area contributed by atoms with Crippen LogP contribution in [0.1, 0.15) is 300 Å². The molecule has 0 radical (unpaired) electrons. The average molecular weight is 1520 g/mol. The zero-order valence-corrected chi connectivity index (χ0v) is 64.4. The second kappa shape index (κ2) is 33.6. The van der Waals surface area contributed by atoms with Crippen molar-refractivity contribution < 1.29 is 41.7 Å². The highest BCUT2D eigenvalue weighted by Crippen LogP contribution is 2.42. The van der Waals surface area contributed by atoms with E-state index in [1.807, 2.05) is 119 Å². The van der Waals surface area contributed by atoms with Gasteiger partial charge in [0, 0.05) is 126 Å². The zero-order valence-electron chi connectivity index (χ0n) is 64.4. The molecule has 5 saturated carbocycles. The fraction of sp³-hybridized carbons (Fsp3) is 0.438. The number of hydrogen-bond donors (Lipinski definition) is 4. The molecule has 5 atom stereocenters. The number of amides is 4. The fourth-order valence-electron chi connectivity index (χ4n) is 13.1. The summed E-state index contributed by atoms with van der Waals surface area (Å²) < 4.78 is 41.7. The summed E-state index contributed by atoms with van der Waals surface area (Å²) in [6, 6.07) is 22.7. The number of pyridine rings is 4. The number of carbonyl (C=O) groups is 4. The van der Waals surface area contributed by atoms with Crippen LogP contribution >= 0.6 is 0 Å². The Hall–Kier alpha value is -12.1. The SMILES string of the molecule is CC(F)c1cc(C(=O)N[C@@H](C)c2nc(-c3ccnc(C4CCC4)c3)no2)n(C)n1.CCn1cccc1C(=O)N[C@@H](C)c1nc(-c2ccnc(C3CC3)c2)no1.C[C@H](NC(=O)c1ccnn1C(C)(C)C)c1nc(-c2ccnc(C3CC3)c2)no1.C[C@H](NC(=O)c1ccnn1C1CCC1)c1nc(-c2ccnc(C3CCC3)c2)no1. The molecule has 0 saturated heterocycles. The van der Waals surface area contributed by atoms with E-state index in [-0.39, 0.29) is 46.6 Å². The number of nitrogens with one attached hydrogen (secondary N) is 4. The van der Waals surface area contributed by atoms with Crippen molar-refractivity contribution in [3.8, 4) is 45.6 Å². The summed E-state index contributed by atoms with van der Waals surface area (Å²) in [7, 11) is 1.60. The number of carbonyl (C=O) groups excluding carboxylic acids is 4. The van der Waals surface area contributed by atoms with Crippen molar-refractivity contribution in [3.05, 3.63) is 197 Å². The van der Waals surface area contributed by atoms with E-state index in [1.165, 1.54) is 75.5 Å². The Morgan fingerprint density at radius 3 is 1.18 bits per heavy atom. The standard InChI is InChI=1S/C21H24N6O2.C20H23FN6O2.C20H24N6O2.C19H21N5O2/c1-13(24-20(28)18-9-11-23-27(18)16-6-3-7-16)21-25-19(26-29-21)15-8-10-22-17(12-15)14-4-2-5-14;1-11(21)15-10-17(27(3)25-15)19(28)23-12(2)20-24-18(26-29-20)14-7-8-22-16(9-14)13-5-4-6-13;1-12(23-18(27)16-8-10-22-26(16)20(2,3)4)19-24-17(25-28-19)14-7-9-21-15(11-14)13-5-6-13;1-3-24-10-4-5-16(24)18(25)21-12(2)19-22-17(23-26-19)14-8-9-20-15(11-14)13-6-7-13/h8-14,16H,2-7H2,1H3,(H,24,28);7-13H,4-6H2,1-3H3,(H,23,28);7-13H,5-6H2,1-4H3,(H,23,27);4-5,8-13H,3,6-7H2,1-2H3,(H,21,25)/t13-;11?,12-;2*12-/m0000/s1. The van der Waals surface area contributed by atoms with Crippen LogP contribution in [0.4, 0.5) is 4.39 Å². The van der Waals surface area contributed by atoms with Gasteiger partial charge < -0.3 is 43.9 Å². The van der Waals surface area contributed by atoms with E-state index < -0.39 is 30.2 Å². The maximum absolute atomic E-state index is 13.4. The number of nitrogens with zero attached hydrogens (tertiary/aromatic N) is 19. The van der Waals surface area contributed by atoms with Crippen molar-refractivity contribution in [1.82, 2.24) is 116 Å². The highest BCUT2D eigenvalue weighted by molar-refractivity contribution is 5.94. The van der Waals surface area contributed by atoms with Crippen LogP contribution in [-0.4, -0.2) is 118 Å². The van der Waals surface area contributed by atoms with E-state index in [9.17, 15) is 23.6 Å². The topological polar surface area (TPSA) is 382 Å². The molecule has 0 aromatic carbocycles. The highest BCUT2D eigenvalue weighted by Gasteiger charge is 2.32. The van der Waals surface area contributed by atoms with Crippen LogP contribution in [0.25, 0.3) is 45.6 Å². The Morgan fingerprint density at radius 1 is 0.464 bits per heavy atom. The molecule has 12 aromatic rings. The van der Waals surface area contributed by atoms with E-state index in [1.54, 1.807) is 74.0 Å². The fourth-order valence-corrected chi connectivity index (χ4v) is 13.1. The first-order valence-corrected chi connectivity index (χ1v) is 38.4. The van der Waals surface area contributed by atoms with E-state index in [0.29, 0.717) is 87.8 Å². The van der Waals surface area contributed by atoms with Crippen molar-refractivity contribution >= 4 is 23.6 Å². The summed E-state index contributed by atoms with van der Waals surface area (Å²) in [5.41, 5.74) is 9.62. The molecular formula is C80H92FN23O8. The van der Waals surface area contributed by atoms with Gasteiger partial charge in [0.2, 0.25) is 46.9 Å². The quantitative estimate of drug-likeness (QED) is 0.0462. The molecule has 0 bridgehead atoms. The largest absolute Gasteiger partial charge is 0.344 e. The smallest absolute Gasteiger partial charge is 0.270 e. The summed E-state index contributed by atoms with van der Waals surface area (Å²) in [5.74, 6) is 4.59. The molecule has 4 amide bonds. The Balaban J connectivity index is 0.000000124. The second-order valence-corrected chi connectivity index (χ2v) is 30.2. The first-order valence-electron chi connectivity index (χ1n) is 38.4. The molecule has 5 fully saturated rings. The molecular weight excluding hydrogens is 1430 g/mol. The van der Waals surface area contributed by atoms with Gasteiger partial charge in [-0.25, -0.2) is 4.39 Å². The van der Waals surface area contributed by atoms with Gasteiger partial charge in [0.05, 0.1) is 17.3 Å². The number of aryl methyl sites for hydroxylation is 2. The van der Waals surface area contributed by atoms with Gasteiger partial charge in [-0.15, -0.1) is 0 Å². The summed E-state index contributed by atoms with van der Waals surface area (Å²) in [5, 5.41) is 40.4. The van der Waals surface area contributed by atoms with Crippen LogP contribution in [0.5, 0.6) is 0 Å². The number of aromatic nitrogens is 19. The lowest BCUT2D eigenvalue weighted by molar-refractivity contribution is 0.0906. The molecule has 4 N–H and O–H groups in total. The van der Waals surface area contributed by atoms with Crippen LogP contribution in [0, 0.1) is 0 Å². The third-order valence-electron chi connectivity index (χ3n) is 20.6. The van der Waals surface area contributed by atoms with Crippen LogP contribution in [0.15, 0.2) is 140 Å².